The number of hydrogen-bond donors (Lipinski definition) is 0. The first-order valence-corrected chi connectivity index (χ1v) is 9.76. The van der Waals surface area contributed by atoms with Crippen molar-refractivity contribution in [2.75, 3.05) is 25.8 Å². The van der Waals surface area contributed by atoms with Gasteiger partial charge in [-0.1, -0.05) is 42.5 Å². The van der Waals surface area contributed by atoms with Crippen LogP contribution in [0.5, 0.6) is 17.2 Å². The molecule has 0 bridgehead atoms. The van der Waals surface area contributed by atoms with Gasteiger partial charge in [-0.25, -0.2) is 0 Å². The van der Waals surface area contributed by atoms with Crippen molar-refractivity contribution in [2.24, 2.45) is 4.99 Å². The second-order valence-electron chi connectivity index (χ2n) is 6.76. The summed E-state index contributed by atoms with van der Waals surface area (Å²) in [4.78, 5) is 6.58. The number of ether oxygens (including phenoxy) is 3. The summed E-state index contributed by atoms with van der Waals surface area (Å²) < 4.78 is 17.2. The molecule has 4 rings (SSSR count). The summed E-state index contributed by atoms with van der Waals surface area (Å²) in [6, 6.07) is 24.0. The molecular formula is C25H24N2O3. The van der Waals surface area contributed by atoms with Gasteiger partial charge in [-0.2, -0.15) is 0 Å². The van der Waals surface area contributed by atoms with Gasteiger partial charge in [0.2, 0.25) is 0 Å². The zero-order chi connectivity index (χ0) is 20.8. The van der Waals surface area contributed by atoms with Crippen LogP contribution in [0.3, 0.4) is 0 Å². The number of para-hydroxylation sites is 1. The molecule has 0 saturated carbocycles. The minimum absolute atomic E-state index is 0.466. The molecule has 1 aliphatic rings. The fourth-order valence-corrected chi connectivity index (χ4v) is 3.41. The van der Waals surface area contributed by atoms with Gasteiger partial charge in [-0.05, 0) is 35.9 Å². The van der Waals surface area contributed by atoms with Crippen molar-refractivity contribution in [3.63, 3.8) is 0 Å². The lowest BCUT2D eigenvalue weighted by Gasteiger charge is -2.29. The first-order valence-electron chi connectivity index (χ1n) is 9.76. The Morgan fingerprint density at radius 2 is 1.60 bits per heavy atom. The highest BCUT2D eigenvalue weighted by molar-refractivity contribution is 5.94. The third-order valence-electron chi connectivity index (χ3n) is 4.93. The zero-order valence-electron chi connectivity index (χ0n) is 17.1. The number of allylic oxidation sites excluding steroid dienone is 1. The lowest BCUT2D eigenvalue weighted by Crippen LogP contribution is -2.24. The molecule has 0 saturated heterocycles. The van der Waals surface area contributed by atoms with Crippen LogP contribution in [0, 0.1) is 0 Å². The Hall–Kier alpha value is -3.73. The smallest absolute Gasteiger partial charge is 0.163 e. The Balaban J connectivity index is 1.65. The third-order valence-corrected chi connectivity index (χ3v) is 4.93. The average molecular weight is 400 g/mol. The van der Waals surface area contributed by atoms with Crippen molar-refractivity contribution >= 4 is 17.6 Å². The second-order valence-corrected chi connectivity index (χ2v) is 6.76. The molecular weight excluding hydrogens is 376 g/mol. The van der Waals surface area contributed by atoms with Crippen molar-refractivity contribution in [1.82, 2.24) is 0 Å². The van der Waals surface area contributed by atoms with E-state index in [-0.39, 0.29) is 0 Å². The van der Waals surface area contributed by atoms with Gasteiger partial charge in [0.25, 0.3) is 0 Å². The number of rotatable bonds is 7. The van der Waals surface area contributed by atoms with Gasteiger partial charge in [0.05, 0.1) is 19.9 Å². The van der Waals surface area contributed by atoms with Gasteiger partial charge in [-0.3, -0.25) is 4.99 Å². The molecule has 0 unspecified atom stereocenters. The fourth-order valence-electron chi connectivity index (χ4n) is 3.41. The molecule has 0 aromatic heterocycles. The molecule has 0 aliphatic carbocycles. The molecule has 30 heavy (non-hydrogen) atoms. The number of hydrogen-bond acceptors (Lipinski definition) is 5. The van der Waals surface area contributed by atoms with Crippen LogP contribution >= 0.6 is 0 Å². The summed E-state index contributed by atoms with van der Waals surface area (Å²) in [6.07, 6.45) is 3.82. The molecule has 0 spiro atoms. The molecule has 1 aliphatic heterocycles. The second kappa shape index (κ2) is 9.18. The van der Waals surface area contributed by atoms with E-state index in [1.54, 1.807) is 14.2 Å². The van der Waals surface area contributed by atoms with Crippen LogP contribution in [0.2, 0.25) is 0 Å². The number of methoxy groups -OCH3 is 2. The Kier molecular flexibility index (Phi) is 5.99. The van der Waals surface area contributed by atoms with Crippen LogP contribution in [0.15, 0.2) is 83.9 Å². The highest BCUT2D eigenvalue weighted by atomic mass is 16.5. The number of benzene rings is 3. The Labute approximate surface area is 176 Å². The molecule has 5 nitrogen and oxygen atoms in total. The molecule has 5 heteroatoms. The third kappa shape index (κ3) is 4.15. The summed E-state index contributed by atoms with van der Waals surface area (Å²) in [6.45, 7) is 0.975. The normalized spacial score (nSPS) is 13.0. The highest BCUT2D eigenvalue weighted by Gasteiger charge is 2.20. The minimum atomic E-state index is 0.466. The number of aliphatic imine (C=N–C) groups is 1. The summed E-state index contributed by atoms with van der Waals surface area (Å²) in [5, 5.41) is 0. The molecule has 3 aromatic rings. The van der Waals surface area contributed by atoms with Gasteiger partial charge in [0.1, 0.15) is 19.0 Å². The van der Waals surface area contributed by atoms with Gasteiger partial charge in [-0.15, -0.1) is 0 Å². The predicted octanol–water partition coefficient (Wildman–Crippen LogP) is 5.17. The molecule has 0 N–H and O–H groups in total. The highest BCUT2D eigenvalue weighted by Crippen LogP contribution is 2.37. The van der Waals surface area contributed by atoms with E-state index in [4.69, 9.17) is 14.2 Å². The van der Waals surface area contributed by atoms with Crippen LogP contribution in [0.4, 0.5) is 5.69 Å². The SMILES string of the molecule is COc1ccc(N2CN=CC=C2c2ccccc2OC)cc1OCc1ccccc1. The van der Waals surface area contributed by atoms with E-state index in [2.05, 4.69) is 9.89 Å². The van der Waals surface area contributed by atoms with E-state index in [1.807, 2.05) is 85.1 Å². The first kappa shape index (κ1) is 19.6. The Bertz CT molecular complexity index is 1060. The molecule has 0 fully saturated rings. The monoisotopic (exact) mass is 400 g/mol. The summed E-state index contributed by atoms with van der Waals surface area (Å²) in [5.41, 5.74) is 4.09. The predicted molar refractivity (Wildman–Crippen MR) is 121 cm³/mol. The van der Waals surface area contributed by atoms with E-state index in [9.17, 15) is 0 Å². The first-order chi connectivity index (χ1) is 14.8. The maximum Gasteiger partial charge on any atom is 0.163 e. The van der Waals surface area contributed by atoms with Gasteiger partial charge < -0.3 is 19.1 Å². The van der Waals surface area contributed by atoms with Crippen molar-refractivity contribution in [1.29, 1.82) is 0 Å². The van der Waals surface area contributed by atoms with E-state index >= 15 is 0 Å². The fraction of sp³-hybridized carbons (Fsp3) is 0.160. The molecule has 3 aromatic carbocycles. The molecule has 1 heterocycles. The van der Waals surface area contributed by atoms with Crippen molar-refractivity contribution < 1.29 is 14.2 Å². The summed E-state index contributed by atoms with van der Waals surface area (Å²) >= 11 is 0. The van der Waals surface area contributed by atoms with Crippen LogP contribution in [0.25, 0.3) is 5.70 Å². The van der Waals surface area contributed by atoms with Gasteiger partial charge in [0, 0.05) is 23.5 Å². The topological polar surface area (TPSA) is 43.3 Å². The standard InChI is InChI=1S/C25H24N2O3/c1-28-23-11-7-6-10-21(23)22-14-15-26-18-27(22)20-12-13-24(29-2)25(16-20)30-17-19-8-4-3-5-9-19/h3-16H,17-18H2,1-2H3. The van der Waals surface area contributed by atoms with Crippen molar-refractivity contribution in [2.45, 2.75) is 6.61 Å². The summed E-state index contributed by atoms with van der Waals surface area (Å²) in [5.74, 6) is 2.20. The van der Waals surface area contributed by atoms with Crippen molar-refractivity contribution in [3.05, 3.63) is 90.0 Å². The van der Waals surface area contributed by atoms with Crippen molar-refractivity contribution in [3.8, 4) is 17.2 Å². The quantitative estimate of drug-likeness (QED) is 0.549. The minimum Gasteiger partial charge on any atom is -0.496 e. The molecule has 0 amide bonds. The average Bonchev–Trinajstić information content (AvgIpc) is 2.83. The lowest BCUT2D eigenvalue weighted by molar-refractivity contribution is 0.284. The Morgan fingerprint density at radius 3 is 2.40 bits per heavy atom. The van der Waals surface area contributed by atoms with E-state index in [0.29, 0.717) is 24.8 Å². The van der Waals surface area contributed by atoms with Gasteiger partial charge >= 0.3 is 0 Å². The molecule has 152 valence electrons. The number of anilines is 1. The lowest BCUT2D eigenvalue weighted by atomic mass is 10.1. The largest absolute Gasteiger partial charge is 0.496 e. The number of nitrogens with zero attached hydrogens (tertiary/aromatic N) is 2. The molecule has 0 atom stereocenters. The maximum absolute atomic E-state index is 6.10. The summed E-state index contributed by atoms with van der Waals surface area (Å²) in [7, 11) is 3.33. The van der Waals surface area contributed by atoms with Crippen LogP contribution < -0.4 is 19.1 Å². The van der Waals surface area contributed by atoms with E-state index < -0.39 is 0 Å². The van der Waals surface area contributed by atoms with Crippen LogP contribution in [0.1, 0.15) is 11.1 Å². The Morgan fingerprint density at radius 1 is 0.833 bits per heavy atom. The maximum atomic E-state index is 6.10. The van der Waals surface area contributed by atoms with E-state index in [0.717, 1.165) is 28.3 Å². The van der Waals surface area contributed by atoms with Crippen LogP contribution in [-0.2, 0) is 6.61 Å². The zero-order valence-corrected chi connectivity index (χ0v) is 17.1. The van der Waals surface area contributed by atoms with Crippen LogP contribution in [-0.4, -0.2) is 27.1 Å². The molecule has 0 radical (unpaired) electrons. The van der Waals surface area contributed by atoms with E-state index in [1.165, 1.54) is 0 Å². The van der Waals surface area contributed by atoms with Gasteiger partial charge in [0.15, 0.2) is 11.5 Å².